The van der Waals surface area contributed by atoms with E-state index in [2.05, 4.69) is 80.5 Å². The average molecular weight is 513 g/mol. The Labute approximate surface area is 227 Å². The number of nitrogens with two attached hydrogens (primary N) is 1. The lowest BCUT2D eigenvalue weighted by Crippen LogP contribution is -2.36. The Balaban J connectivity index is 1.82. The molecule has 2 aromatic rings. The molecular formula is C32H40N4S. The first-order valence-corrected chi connectivity index (χ1v) is 13.7. The van der Waals surface area contributed by atoms with Crippen LogP contribution in [0.15, 0.2) is 96.2 Å². The standard InChI is InChI=1S/C32H40N4S/c1-8-11-26(20-25(4)36(22-33)29-16-15-27-12-9-13-28(27)21-29)19-24(3)35(7)30(31-14-10-17-37-31)18-23(2)32(5,6)34/h8,10-11,14-17,19,21,30H,1-2,4,9,12-13,18,20,34H2,3,5-7H3/b24-19+,26-11+. The van der Waals surface area contributed by atoms with Crippen LogP contribution < -0.4 is 10.6 Å². The zero-order chi connectivity index (χ0) is 27.2. The van der Waals surface area contributed by atoms with Crippen molar-refractivity contribution >= 4 is 17.0 Å². The summed E-state index contributed by atoms with van der Waals surface area (Å²) in [5.74, 6) is 0. The molecule has 0 saturated carbocycles. The molecule has 0 saturated heterocycles. The molecule has 1 aromatic heterocycles. The van der Waals surface area contributed by atoms with E-state index in [1.54, 1.807) is 22.3 Å². The number of nitrogens with zero attached hydrogens (tertiary/aromatic N) is 3. The molecule has 2 N–H and O–H groups in total. The molecule has 0 aliphatic heterocycles. The van der Waals surface area contributed by atoms with Crippen molar-refractivity contribution in [2.75, 3.05) is 11.9 Å². The zero-order valence-corrected chi connectivity index (χ0v) is 23.6. The van der Waals surface area contributed by atoms with Crippen molar-refractivity contribution in [3.63, 3.8) is 0 Å². The van der Waals surface area contributed by atoms with Crippen molar-refractivity contribution in [3.8, 4) is 6.19 Å². The van der Waals surface area contributed by atoms with Crippen LogP contribution in [-0.2, 0) is 12.8 Å². The number of allylic oxidation sites excluding steroid dienone is 5. The fraction of sp³-hybridized carbons (Fsp3) is 0.344. The van der Waals surface area contributed by atoms with Crippen LogP contribution in [0.2, 0.25) is 0 Å². The van der Waals surface area contributed by atoms with E-state index in [0.29, 0.717) is 6.42 Å². The summed E-state index contributed by atoms with van der Waals surface area (Å²) in [7, 11) is 2.11. The second-order valence-electron chi connectivity index (χ2n) is 10.4. The molecule has 1 aliphatic rings. The third kappa shape index (κ3) is 7.13. The molecule has 194 valence electrons. The summed E-state index contributed by atoms with van der Waals surface area (Å²) in [6.45, 7) is 18.6. The Bertz CT molecular complexity index is 1230. The lowest BCUT2D eigenvalue weighted by Gasteiger charge is -2.34. The number of aryl methyl sites for hydroxylation is 2. The van der Waals surface area contributed by atoms with Gasteiger partial charge in [0.1, 0.15) is 0 Å². The smallest absolute Gasteiger partial charge is 0.189 e. The molecular weight excluding hydrogens is 472 g/mol. The minimum Gasteiger partial charge on any atom is -0.370 e. The number of hydrogen-bond acceptors (Lipinski definition) is 5. The molecule has 0 spiro atoms. The van der Waals surface area contributed by atoms with Crippen molar-refractivity contribution in [1.29, 1.82) is 5.26 Å². The van der Waals surface area contributed by atoms with Gasteiger partial charge in [-0.3, -0.25) is 4.90 Å². The van der Waals surface area contributed by atoms with Gasteiger partial charge in [0.15, 0.2) is 6.19 Å². The van der Waals surface area contributed by atoms with E-state index in [1.807, 2.05) is 26.0 Å². The maximum Gasteiger partial charge on any atom is 0.189 e. The van der Waals surface area contributed by atoms with Crippen LogP contribution in [0.5, 0.6) is 0 Å². The van der Waals surface area contributed by atoms with E-state index in [4.69, 9.17) is 5.73 Å². The molecule has 1 aromatic carbocycles. The summed E-state index contributed by atoms with van der Waals surface area (Å²) < 4.78 is 0. The fourth-order valence-corrected chi connectivity index (χ4v) is 5.52. The fourth-order valence-electron chi connectivity index (χ4n) is 4.65. The second-order valence-corrected chi connectivity index (χ2v) is 11.4. The molecule has 0 fully saturated rings. The highest BCUT2D eigenvalue weighted by Crippen LogP contribution is 2.35. The van der Waals surface area contributed by atoms with Gasteiger partial charge in [0, 0.05) is 35.3 Å². The molecule has 1 heterocycles. The predicted molar refractivity (Wildman–Crippen MR) is 159 cm³/mol. The van der Waals surface area contributed by atoms with Gasteiger partial charge >= 0.3 is 0 Å². The van der Waals surface area contributed by atoms with Crippen LogP contribution in [0.1, 0.15) is 62.1 Å². The largest absolute Gasteiger partial charge is 0.370 e. The quantitative estimate of drug-likeness (QED) is 0.136. The van der Waals surface area contributed by atoms with E-state index in [9.17, 15) is 5.26 Å². The SMILES string of the molecule is C=C/C=C(\C=C(/C)N(C)C(CC(=C)C(C)(C)N)c1cccs1)CC(=C)N(C#N)c1ccc2c(c1)CCC2. The van der Waals surface area contributed by atoms with Crippen LogP contribution in [0.4, 0.5) is 5.69 Å². The van der Waals surface area contributed by atoms with Crippen LogP contribution >= 0.6 is 11.3 Å². The van der Waals surface area contributed by atoms with Gasteiger partial charge in [-0.1, -0.05) is 49.6 Å². The topological polar surface area (TPSA) is 56.3 Å². The van der Waals surface area contributed by atoms with E-state index in [0.717, 1.165) is 47.5 Å². The maximum absolute atomic E-state index is 9.97. The first-order chi connectivity index (χ1) is 17.5. The lowest BCUT2D eigenvalue weighted by atomic mass is 9.90. The van der Waals surface area contributed by atoms with Gasteiger partial charge in [0.05, 0.1) is 11.7 Å². The number of fused-ring (bicyclic) bond motifs is 1. The average Bonchev–Trinajstić information content (AvgIpc) is 3.54. The Morgan fingerprint density at radius 1 is 1.24 bits per heavy atom. The molecule has 3 rings (SSSR count). The van der Waals surface area contributed by atoms with Crippen molar-refractivity contribution in [2.45, 2.75) is 64.5 Å². The van der Waals surface area contributed by atoms with Gasteiger partial charge in [-0.05, 0) is 92.8 Å². The van der Waals surface area contributed by atoms with E-state index >= 15 is 0 Å². The number of benzene rings is 1. The number of nitriles is 1. The molecule has 0 amide bonds. The summed E-state index contributed by atoms with van der Waals surface area (Å²) in [6.07, 6.45) is 12.9. The Morgan fingerprint density at radius 2 is 1.97 bits per heavy atom. The molecule has 1 atom stereocenters. The molecule has 4 nitrogen and oxygen atoms in total. The summed E-state index contributed by atoms with van der Waals surface area (Å²) in [5.41, 5.74) is 13.4. The molecule has 1 aliphatic carbocycles. The van der Waals surface area contributed by atoms with Gasteiger partial charge < -0.3 is 10.6 Å². The number of anilines is 1. The second kappa shape index (κ2) is 12.3. The van der Waals surface area contributed by atoms with Crippen LogP contribution in [0.25, 0.3) is 0 Å². The van der Waals surface area contributed by atoms with Crippen LogP contribution in [0, 0.1) is 11.5 Å². The lowest BCUT2D eigenvalue weighted by molar-refractivity contribution is 0.303. The van der Waals surface area contributed by atoms with Gasteiger partial charge in [0.25, 0.3) is 0 Å². The van der Waals surface area contributed by atoms with Gasteiger partial charge in [-0.15, -0.1) is 11.3 Å². The Kier molecular flexibility index (Phi) is 9.37. The first-order valence-electron chi connectivity index (χ1n) is 12.8. The van der Waals surface area contributed by atoms with Crippen molar-refractivity contribution in [3.05, 3.63) is 112 Å². The van der Waals surface area contributed by atoms with Crippen molar-refractivity contribution < 1.29 is 0 Å². The molecule has 0 bridgehead atoms. The summed E-state index contributed by atoms with van der Waals surface area (Å²) in [5, 5.41) is 12.1. The van der Waals surface area contributed by atoms with Crippen molar-refractivity contribution in [2.24, 2.45) is 5.73 Å². The highest BCUT2D eigenvalue weighted by atomic mass is 32.1. The van der Waals surface area contributed by atoms with Gasteiger partial charge in [0.2, 0.25) is 0 Å². The maximum atomic E-state index is 9.97. The molecule has 1 unspecified atom stereocenters. The highest BCUT2D eigenvalue weighted by molar-refractivity contribution is 7.10. The first kappa shape index (κ1) is 28.2. The minimum atomic E-state index is -0.447. The van der Waals surface area contributed by atoms with Gasteiger partial charge in [-0.2, -0.15) is 5.26 Å². The van der Waals surface area contributed by atoms with Crippen LogP contribution in [0.3, 0.4) is 0 Å². The Morgan fingerprint density at radius 3 is 2.59 bits per heavy atom. The number of hydrogen-bond donors (Lipinski definition) is 1. The van der Waals surface area contributed by atoms with Crippen molar-refractivity contribution in [1.82, 2.24) is 4.90 Å². The summed E-state index contributed by atoms with van der Waals surface area (Å²) >= 11 is 1.74. The molecule has 5 heteroatoms. The van der Waals surface area contributed by atoms with E-state index in [1.165, 1.54) is 22.4 Å². The highest BCUT2D eigenvalue weighted by Gasteiger charge is 2.25. The minimum absolute atomic E-state index is 0.127. The predicted octanol–water partition coefficient (Wildman–Crippen LogP) is 7.80. The monoisotopic (exact) mass is 512 g/mol. The van der Waals surface area contributed by atoms with E-state index < -0.39 is 5.54 Å². The third-order valence-corrected chi connectivity index (χ3v) is 8.11. The molecule has 37 heavy (non-hydrogen) atoms. The number of rotatable bonds is 12. The molecule has 0 radical (unpaired) electrons. The Hall–Kier alpha value is -3.33. The van der Waals surface area contributed by atoms with Gasteiger partial charge in [-0.25, -0.2) is 0 Å². The summed E-state index contributed by atoms with van der Waals surface area (Å²) in [6, 6.07) is 10.7. The van der Waals surface area contributed by atoms with E-state index in [-0.39, 0.29) is 6.04 Å². The third-order valence-electron chi connectivity index (χ3n) is 7.14. The normalized spacial score (nSPS) is 14.5. The summed E-state index contributed by atoms with van der Waals surface area (Å²) in [4.78, 5) is 5.20. The van der Waals surface area contributed by atoms with Crippen LogP contribution in [-0.4, -0.2) is 17.5 Å². The number of thiophene rings is 1. The zero-order valence-electron chi connectivity index (χ0n) is 22.8.